The summed E-state index contributed by atoms with van der Waals surface area (Å²) in [7, 11) is -0.778. The fraction of sp³-hybridized carbons (Fsp3) is 0.421. The quantitative estimate of drug-likeness (QED) is 0.774. The highest BCUT2D eigenvalue weighted by Crippen LogP contribution is 2.47. The van der Waals surface area contributed by atoms with E-state index in [0.717, 1.165) is 10.9 Å². The molecule has 8 nitrogen and oxygen atoms in total. The molecule has 0 saturated heterocycles. The van der Waals surface area contributed by atoms with Gasteiger partial charge in [0.05, 0.1) is 17.7 Å². The predicted octanol–water partition coefficient (Wildman–Crippen LogP) is 3.78. The number of hydrogen-bond acceptors (Lipinski definition) is 7. The minimum Gasteiger partial charge on any atom is -0.475 e. The molecule has 0 bridgehead atoms. The SMILES string of the molecule is CCOC(=O)n1c(=P(O)(OC)OC)ccc2cc(C3=NC(C)(C)CO3)ccc21. The van der Waals surface area contributed by atoms with Crippen molar-refractivity contribution in [3.05, 3.63) is 41.0 Å². The van der Waals surface area contributed by atoms with Gasteiger partial charge < -0.3 is 23.4 Å². The first-order chi connectivity index (χ1) is 13.2. The number of pyridine rings is 1. The Morgan fingerprint density at radius 3 is 2.57 bits per heavy atom. The van der Waals surface area contributed by atoms with Crippen molar-refractivity contribution >= 4 is 30.5 Å². The van der Waals surface area contributed by atoms with Gasteiger partial charge in [0.15, 0.2) is 0 Å². The topological polar surface area (TPSA) is 91.5 Å². The molecule has 28 heavy (non-hydrogen) atoms. The van der Waals surface area contributed by atoms with Gasteiger partial charge in [-0.15, -0.1) is 0 Å². The van der Waals surface area contributed by atoms with Crippen molar-refractivity contribution in [3.8, 4) is 0 Å². The van der Waals surface area contributed by atoms with Crippen LogP contribution < -0.4 is 0 Å². The summed E-state index contributed by atoms with van der Waals surface area (Å²) in [5.74, 6) is 0.566. The van der Waals surface area contributed by atoms with Crippen LogP contribution in [0.15, 0.2) is 35.3 Å². The molecule has 0 aliphatic carbocycles. The summed E-state index contributed by atoms with van der Waals surface area (Å²) < 4.78 is 22.6. The summed E-state index contributed by atoms with van der Waals surface area (Å²) in [5, 5.41) is 0.954. The molecule has 3 rings (SSSR count). The van der Waals surface area contributed by atoms with Crippen molar-refractivity contribution in [1.29, 1.82) is 0 Å². The van der Waals surface area contributed by atoms with Crippen LogP contribution in [0.25, 0.3) is 10.9 Å². The van der Waals surface area contributed by atoms with Gasteiger partial charge in [-0.2, -0.15) is 0 Å². The Morgan fingerprint density at radius 1 is 1.29 bits per heavy atom. The van der Waals surface area contributed by atoms with Crippen LogP contribution in [-0.2, 0) is 18.5 Å². The normalized spacial score (nSPS) is 16.0. The standard InChI is InChI=1S/C19H25N2O6P/c1-6-26-18(22)21-15-9-7-14(17-20-19(2,3)12-27-17)11-13(15)8-10-16(21)28(23,24-4)25-5/h7-11,23H,6,12H2,1-5H3. The monoisotopic (exact) mass is 408 g/mol. The Hall–Kier alpha value is -2.12. The largest absolute Gasteiger partial charge is 0.475 e. The second-order valence-corrected chi connectivity index (χ2v) is 9.13. The summed E-state index contributed by atoms with van der Waals surface area (Å²) in [6, 6.07) is 8.85. The van der Waals surface area contributed by atoms with E-state index in [0.29, 0.717) is 18.0 Å². The Bertz CT molecular complexity index is 1030. The van der Waals surface area contributed by atoms with Crippen LogP contribution >= 0.6 is 7.57 Å². The van der Waals surface area contributed by atoms with Gasteiger partial charge in [0.1, 0.15) is 11.7 Å². The molecule has 1 N–H and O–H groups in total. The Labute approximate surface area is 163 Å². The lowest BCUT2D eigenvalue weighted by Crippen LogP contribution is -2.17. The van der Waals surface area contributed by atoms with Gasteiger partial charge >= 0.3 is 6.09 Å². The van der Waals surface area contributed by atoms with Gasteiger partial charge in [0, 0.05) is 19.8 Å². The molecule has 9 heteroatoms. The number of aromatic nitrogens is 1. The maximum Gasteiger partial charge on any atom is 0.419 e. The molecule has 1 aromatic heterocycles. The zero-order valence-corrected chi connectivity index (χ0v) is 17.5. The first kappa shape index (κ1) is 20.6. The van der Waals surface area contributed by atoms with E-state index in [-0.39, 0.29) is 17.2 Å². The Balaban J connectivity index is 2.28. The predicted molar refractivity (Wildman–Crippen MR) is 107 cm³/mol. The van der Waals surface area contributed by atoms with Crippen molar-refractivity contribution in [2.75, 3.05) is 27.4 Å². The number of benzene rings is 1. The molecule has 1 aliphatic heterocycles. The number of ether oxygens (including phenoxy) is 2. The molecule has 0 saturated carbocycles. The third kappa shape index (κ3) is 3.73. The first-order valence-corrected chi connectivity index (χ1v) is 10.4. The summed E-state index contributed by atoms with van der Waals surface area (Å²) in [5.41, 5.74) is 1.09. The highest BCUT2D eigenvalue weighted by molar-refractivity contribution is 7.52. The van der Waals surface area contributed by atoms with E-state index >= 15 is 0 Å². The third-order valence-electron chi connectivity index (χ3n) is 4.36. The Kier molecular flexibility index (Phi) is 5.68. The van der Waals surface area contributed by atoms with Gasteiger partial charge in [0.2, 0.25) is 5.90 Å². The maximum atomic E-state index is 12.7. The second-order valence-electron chi connectivity index (χ2n) is 6.90. The van der Waals surface area contributed by atoms with Crippen molar-refractivity contribution in [1.82, 2.24) is 4.57 Å². The number of hydrogen-bond donors (Lipinski definition) is 1. The van der Waals surface area contributed by atoms with E-state index in [1.165, 1.54) is 18.8 Å². The summed E-state index contributed by atoms with van der Waals surface area (Å²) in [4.78, 5) is 28.0. The van der Waals surface area contributed by atoms with E-state index < -0.39 is 13.7 Å². The fourth-order valence-corrected chi connectivity index (χ4v) is 4.21. The number of aliphatic imine (C=N–C) groups is 1. The second kappa shape index (κ2) is 7.72. The molecule has 152 valence electrons. The smallest absolute Gasteiger partial charge is 0.419 e. The molecule has 2 heterocycles. The first-order valence-electron chi connectivity index (χ1n) is 8.87. The number of carbonyl (C=O) groups excluding carboxylic acids is 1. The number of rotatable bonds is 4. The van der Waals surface area contributed by atoms with Crippen molar-refractivity contribution < 1.29 is 28.2 Å². The van der Waals surface area contributed by atoms with Gasteiger partial charge in [-0.1, -0.05) is 6.07 Å². The number of nitrogens with zero attached hydrogens (tertiary/aromatic N) is 2. The summed E-state index contributed by atoms with van der Waals surface area (Å²) in [6.45, 7) is 6.43. The highest BCUT2D eigenvalue weighted by atomic mass is 31.2. The lowest BCUT2D eigenvalue weighted by atomic mass is 10.1. The molecule has 0 atom stereocenters. The zero-order chi connectivity index (χ0) is 20.5. The molecule has 0 unspecified atom stereocenters. The van der Waals surface area contributed by atoms with Crippen LogP contribution in [-0.4, -0.2) is 54.4 Å². The van der Waals surface area contributed by atoms with E-state index in [4.69, 9.17) is 18.5 Å². The van der Waals surface area contributed by atoms with Crippen LogP contribution in [0, 0.1) is 5.07 Å². The zero-order valence-electron chi connectivity index (χ0n) is 16.6. The van der Waals surface area contributed by atoms with E-state index in [2.05, 4.69) is 4.99 Å². The van der Waals surface area contributed by atoms with Crippen LogP contribution in [0.1, 0.15) is 26.3 Å². The molecule has 0 amide bonds. The molecule has 0 spiro atoms. The summed E-state index contributed by atoms with van der Waals surface area (Å²) in [6.07, 6.45) is -0.626. The van der Waals surface area contributed by atoms with Crippen molar-refractivity contribution in [2.24, 2.45) is 4.99 Å². The Morgan fingerprint density at radius 2 is 2.00 bits per heavy atom. The van der Waals surface area contributed by atoms with E-state index in [1.807, 2.05) is 26.0 Å². The number of fused-ring (bicyclic) bond motifs is 1. The van der Waals surface area contributed by atoms with Crippen LogP contribution in [0.4, 0.5) is 4.79 Å². The van der Waals surface area contributed by atoms with Crippen LogP contribution in [0.5, 0.6) is 0 Å². The minimum absolute atomic E-state index is 0.191. The van der Waals surface area contributed by atoms with Gasteiger partial charge in [-0.25, -0.2) is 14.4 Å². The molecule has 1 aromatic carbocycles. The van der Waals surface area contributed by atoms with Crippen LogP contribution in [0.3, 0.4) is 0 Å². The van der Waals surface area contributed by atoms with Crippen molar-refractivity contribution in [2.45, 2.75) is 26.3 Å². The molecule has 0 radical (unpaired) electrons. The molecule has 2 aromatic rings. The highest BCUT2D eigenvalue weighted by Gasteiger charge is 2.27. The lowest BCUT2D eigenvalue weighted by Gasteiger charge is -2.19. The van der Waals surface area contributed by atoms with Gasteiger partial charge in [-0.05, 0) is 50.4 Å². The molecule has 0 fully saturated rings. The fourth-order valence-electron chi connectivity index (χ4n) is 2.98. The lowest BCUT2D eigenvalue weighted by molar-refractivity contribution is 0.154. The number of carbonyl (C=O) groups is 1. The molecule has 1 aliphatic rings. The van der Waals surface area contributed by atoms with Gasteiger partial charge in [0.25, 0.3) is 7.57 Å². The average Bonchev–Trinajstić information content (AvgIpc) is 3.06. The summed E-state index contributed by atoms with van der Waals surface area (Å²) >= 11 is 0. The van der Waals surface area contributed by atoms with E-state index in [1.54, 1.807) is 25.1 Å². The average molecular weight is 408 g/mol. The van der Waals surface area contributed by atoms with Crippen LogP contribution in [0.2, 0.25) is 0 Å². The van der Waals surface area contributed by atoms with Crippen molar-refractivity contribution in [3.63, 3.8) is 0 Å². The van der Waals surface area contributed by atoms with E-state index in [9.17, 15) is 9.69 Å². The minimum atomic E-state index is -3.44. The maximum absolute atomic E-state index is 12.7. The third-order valence-corrected chi connectivity index (χ3v) is 6.28. The molecular formula is C19H25N2O6P. The molecular weight excluding hydrogens is 383 g/mol. The van der Waals surface area contributed by atoms with Gasteiger partial charge in [-0.3, -0.25) is 0 Å².